The zero-order valence-electron chi connectivity index (χ0n) is 9.71. The van der Waals surface area contributed by atoms with Crippen LogP contribution in [0.15, 0.2) is 18.2 Å². The van der Waals surface area contributed by atoms with E-state index >= 15 is 0 Å². The average Bonchev–Trinajstić information content (AvgIpc) is 2.25. The van der Waals surface area contributed by atoms with Gasteiger partial charge in [0, 0.05) is 11.8 Å². The summed E-state index contributed by atoms with van der Waals surface area (Å²) in [6.07, 6.45) is 1.98. The molecule has 4 heteroatoms. The minimum atomic E-state index is -0.464. The van der Waals surface area contributed by atoms with Gasteiger partial charge in [-0.05, 0) is 30.9 Å². The molecule has 1 rings (SSSR count). The average molecular weight is 241 g/mol. The second-order valence-corrected chi connectivity index (χ2v) is 5.02. The van der Waals surface area contributed by atoms with Gasteiger partial charge in [0.25, 0.3) is 5.91 Å². The number of nitrogens with one attached hydrogen (secondary N) is 1. The maximum absolute atomic E-state index is 13.4. The lowest BCUT2D eigenvalue weighted by atomic mass is 10.1. The van der Waals surface area contributed by atoms with Crippen LogP contribution < -0.4 is 5.32 Å². The van der Waals surface area contributed by atoms with Crippen LogP contribution in [-0.2, 0) is 0 Å². The largest absolute Gasteiger partial charge is 0.351 e. The molecule has 1 aromatic rings. The van der Waals surface area contributed by atoms with Crippen LogP contribution in [0.2, 0.25) is 0 Å². The van der Waals surface area contributed by atoms with E-state index in [1.54, 1.807) is 24.8 Å². The summed E-state index contributed by atoms with van der Waals surface area (Å²) in [5.74, 6) is -0.812. The molecule has 0 radical (unpaired) electrons. The molecule has 88 valence electrons. The monoisotopic (exact) mass is 241 g/mol. The number of hydrogen-bond acceptors (Lipinski definition) is 2. The van der Waals surface area contributed by atoms with Gasteiger partial charge in [-0.3, -0.25) is 4.79 Å². The Hall–Kier alpha value is -1.03. The fraction of sp³-hybridized carbons (Fsp3) is 0.417. The lowest BCUT2D eigenvalue weighted by Gasteiger charge is -2.10. The molecule has 0 aliphatic rings. The number of benzene rings is 1. The van der Waals surface area contributed by atoms with E-state index in [-0.39, 0.29) is 11.5 Å². The summed E-state index contributed by atoms with van der Waals surface area (Å²) in [4.78, 5) is 11.6. The van der Waals surface area contributed by atoms with Crippen molar-refractivity contribution in [3.05, 3.63) is 35.1 Å². The molecule has 0 bridgehead atoms. The van der Waals surface area contributed by atoms with Crippen LogP contribution in [-0.4, -0.2) is 24.0 Å². The molecule has 0 aliphatic carbocycles. The first-order valence-corrected chi connectivity index (χ1v) is 6.40. The minimum Gasteiger partial charge on any atom is -0.351 e. The summed E-state index contributed by atoms with van der Waals surface area (Å²) in [5, 5.41) is 3.04. The number of rotatable bonds is 4. The molecular formula is C12H16FNOS. The summed E-state index contributed by atoms with van der Waals surface area (Å²) in [6, 6.07) is 4.62. The molecule has 2 nitrogen and oxygen atoms in total. The molecule has 0 spiro atoms. The maximum Gasteiger partial charge on any atom is 0.254 e. The Morgan fingerprint density at radius 3 is 2.81 bits per heavy atom. The van der Waals surface area contributed by atoms with Crippen LogP contribution in [0.25, 0.3) is 0 Å². The van der Waals surface area contributed by atoms with Crippen LogP contribution in [0.1, 0.15) is 22.8 Å². The number of halogens is 1. The van der Waals surface area contributed by atoms with Gasteiger partial charge < -0.3 is 5.32 Å². The zero-order valence-corrected chi connectivity index (χ0v) is 10.5. The molecule has 1 N–H and O–H groups in total. The fourth-order valence-corrected chi connectivity index (χ4v) is 1.47. The lowest BCUT2D eigenvalue weighted by Crippen LogP contribution is -2.29. The highest BCUT2D eigenvalue weighted by Gasteiger charge is 2.11. The third-order valence-corrected chi connectivity index (χ3v) is 3.29. The van der Waals surface area contributed by atoms with Crippen LogP contribution in [0, 0.1) is 12.7 Å². The Kier molecular flexibility index (Phi) is 4.80. The van der Waals surface area contributed by atoms with Gasteiger partial charge in [0.15, 0.2) is 0 Å². The van der Waals surface area contributed by atoms with Crippen molar-refractivity contribution in [1.29, 1.82) is 0 Å². The molecule has 0 aliphatic heterocycles. The molecule has 16 heavy (non-hydrogen) atoms. The van der Waals surface area contributed by atoms with Gasteiger partial charge in [0.05, 0.1) is 5.56 Å². The molecule has 0 fully saturated rings. The molecule has 1 amide bonds. The van der Waals surface area contributed by atoms with Crippen LogP contribution >= 0.6 is 11.8 Å². The van der Waals surface area contributed by atoms with E-state index in [0.717, 1.165) is 5.56 Å². The highest BCUT2D eigenvalue weighted by Crippen LogP contribution is 2.10. The van der Waals surface area contributed by atoms with Crippen molar-refractivity contribution < 1.29 is 9.18 Å². The second kappa shape index (κ2) is 5.89. The van der Waals surface area contributed by atoms with Gasteiger partial charge in [0.2, 0.25) is 0 Å². The zero-order chi connectivity index (χ0) is 12.1. The first-order valence-electron chi connectivity index (χ1n) is 5.11. The molecule has 0 heterocycles. The molecule has 1 unspecified atom stereocenters. The third kappa shape index (κ3) is 3.52. The van der Waals surface area contributed by atoms with E-state index in [4.69, 9.17) is 0 Å². The standard InChI is InChI=1S/C12H16FNOS/c1-8-4-5-10(11(13)6-8)12(15)14-7-9(2)16-3/h4-6,9H,7H2,1-3H3,(H,14,15). The Balaban J connectivity index is 2.66. The van der Waals surface area contributed by atoms with Crippen LogP contribution in [0.4, 0.5) is 4.39 Å². The first kappa shape index (κ1) is 13.0. The summed E-state index contributed by atoms with van der Waals surface area (Å²) < 4.78 is 13.4. The normalized spacial score (nSPS) is 12.2. The van der Waals surface area contributed by atoms with Gasteiger partial charge in [-0.2, -0.15) is 11.8 Å². The van der Waals surface area contributed by atoms with Crippen molar-refractivity contribution in [2.24, 2.45) is 0 Å². The highest BCUT2D eigenvalue weighted by molar-refractivity contribution is 7.99. The summed E-state index contributed by atoms with van der Waals surface area (Å²) in [7, 11) is 0. The minimum absolute atomic E-state index is 0.110. The fourth-order valence-electron chi connectivity index (χ4n) is 1.22. The number of carbonyl (C=O) groups is 1. The second-order valence-electron chi connectivity index (χ2n) is 3.74. The van der Waals surface area contributed by atoms with E-state index in [9.17, 15) is 9.18 Å². The number of amides is 1. The van der Waals surface area contributed by atoms with E-state index < -0.39 is 5.82 Å². The van der Waals surface area contributed by atoms with Crippen molar-refractivity contribution in [1.82, 2.24) is 5.32 Å². The van der Waals surface area contributed by atoms with Crippen LogP contribution in [0.5, 0.6) is 0 Å². The number of carbonyl (C=O) groups excluding carboxylic acids is 1. The topological polar surface area (TPSA) is 29.1 Å². The summed E-state index contributed by atoms with van der Waals surface area (Å²) in [6.45, 7) is 4.35. The summed E-state index contributed by atoms with van der Waals surface area (Å²) >= 11 is 1.66. The predicted octanol–water partition coefficient (Wildman–Crippen LogP) is 2.62. The number of aryl methyl sites for hydroxylation is 1. The van der Waals surface area contributed by atoms with Gasteiger partial charge in [-0.25, -0.2) is 4.39 Å². The van der Waals surface area contributed by atoms with E-state index in [2.05, 4.69) is 5.32 Å². The molecular weight excluding hydrogens is 225 g/mol. The Labute approximate surface area is 99.6 Å². The van der Waals surface area contributed by atoms with Crippen molar-refractivity contribution >= 4 is 17.7 Å². The van der Waals surface area contributed by atoms with E-state index in [0.29, 0.717) is 11.8 Å². The Morgan fingerprint density at radius 1 is 1.56 bits per heavy atom. The Bertz CT molecular complexity index is 381. The molecule has 0 aromatic heterocycles. The van der Waals surface area contributed by atoms with Gasteiger partial charge in [-0.15, -0.1) is 0 Å². The van der Waals surface area contributed by atoms with E-state index in [1.165, 1.54) is 12.1 Å². The number of thioether (sulfide) groups is 1. The SMILES string of the molecule is CSC(C)CNC(=O)c1ccc(C)cc1F. The van der Waals surface area contributed by atoms with Crippen LogP contribution in [0.3, 0.4) is 0 Å². The van der Waals surface area contributed by atoms with Gasteiger partial charge in [0.1, 0.15) is 5.82 Å². The molecule has 1 aromatic carbocycles. The maximum atomic E-state index is 13.4. The predicted molar refractivity (Wildman–Crippen MR) is 66.4 cm³/mol. The lowest BCUT2D eigenvalue weighted by molar-refractivity contribution is 0.0950. The highest BCUT2D eigenvalue weighted by atomic mass is 32.2. The number of hydrogen-bond donors (Lipinski definition) is 1. The first-order chi connectivity index (χ1) is 7.54. The van der Waals surface area contributed by atoms with Crippen molar-refractivity contribution in [2.75, 3.05) is 12.8 Å². The van der Waals surface area contributed by atoms with E-state index in [1.807, 2.05) is 13.2 Å². The van der Waals surface area contributed by atoms with Gasteiger partial charge >= 0.3 is 0 Å². The van der Waals surface area contributed by atoms with Crippen molar-refractivity contribution in [3.8, 4) is 0 Å². The molecule has 0 saturated carbocycles. The quantitative estimate of drug-likeness (QED) is 0.878. The summed E-state index contributed by atoms with van der Waals surface area (Å²) in [5.41, 5.74) is 0.922. The van der Waals surface area contributed by atoms with Gasteiger partial charge in [-0.1, -0.05) is 13.0 Å². The van der Waals surface area contributed by atoms with Crippen molar-refractivity contribution in [3.63, 3.8) is 0 Å². The molecule has 1 atom stereocenters. The smallest absolute Gasteiger partial charge is 0.254 e. The third-order valence-electron chi connectivity index (χ3n) is 2.32. The molecule has 0 saturated heterocycles. The van der Waals surface area contributed by atoms with Crippen molar-refractivity contribution in [2.45, 2.75) is 19.1 Å². The Morgan fingerprint density at radius 2 is 2.25 bits per heavy atom.